The first-order chi connectivity index (χ1) is 20.1. The van der Waals surface area contributed by atoms with Crippen molar-refractivity contribution in [1.82, 2.24) is 14.3 Å². The molecule has 15 heteroatoms. The fourth-order valence-corrected chi connectivity index (χ4v) is 5.30. The third kappa shape index (κ3) is 7.40. The molecule has 0 bridgehead atoms. The van der Waals surface area contributed by atoms with Crippen molar-refractivity contribution in [2.45, 2.75) is 38.4 Å². The van der Waals surface area contributed by atoms with Gasteiger partial charge in [0.05, 0.1) is 37.6 Å². The van der Waals surface area contributed by atoms with E-state index < -0.39 is 39.0 Å². The number of aryl methyl sites for hydroxylation is 1. The summed E-state index contributed by atoms with van der Waals surface area (Å²) >= 11 is 0. The summed E-state index contributed by atoms with van der Waals surface area (Å²) in [7, 11) is -1.89. The first kappa shape index (κ1) is 32.5. The van der Waals surface area contributed by atoms with Gasteiger partial charge in [0.25, 0.3) is 0 Å². The molecule has 1 aliphatic rings. The van der Waals surface area contributed by atoms with Gasteiger partial charge in [-0.3, -0.25) is 0 Å². The maximum atomic E-state index is 14.9. The molecule has 0 unspecified atom stereocenters. The molecule has 43 heavy (non-hydrogen) atoms. The Bertz CT molecular complexity index is 1570. The largest absolute Gasteiger partial charge is 0.493 e. The summed E-state index contributed by atoms with van der Waals surface area (Å²) in [5.41, 5.74) is -2.90. The molecule has 1 saturated heterocycles. The normalized spacial score (nSPS) is 16.7. The number of alkyl halides is 2. The average molecular weight is 629 g/mol. The van der Waals surface area contributed by atoms with Crippen LogP contribution >= 0.6 is 0 Å². The molecule has 1 atom stereocenters. The highest BCUT2D eigenvalue weighted by Gasteiger charge is 2.49. The smallest absolute Gasteiger partial charge is 0.303 e. The predicted octanol–water partition coefficient (Wildman–Crippen LogP) is 3.48. The second-order valence-corrected chi connectivity index (χ2v) is 12.6. The first-order valence-electron chi connectivity index (χ1n) is 13.4. The van der Waals surface area contributed by atoms with E-state index in [4.69, 9.17) is 18.9 Å². The zero-order valence-electron chi connectivity index (χ0n) is 24.5. The van der Waals surface area contributed by atoms with Crippen LogP contribution < -0.4 is 19.5 Å². The highest BCUT2D eigenvalue weighted by molar-refractivity contribution is 7.88. The fraction of sp³-hybridized carbons (Fsp3) is 0.500. The SMILES string of the molecule is COc1cc2nc(C)nc(NCCOc3cccc(C(F)(F)C(C)(C)O)c3F)c2cc1OC[C@@H]1CN(S(C)(=O)=O)CCO1. The van der Waals surface area contributed by atoms with Crippen LogP contribution in [-0.2, 0) is 20.7 Å². The lowest BCUT2D eigenvalue weighted by Crippen LogP contribution is -2.47. The topological polar surface area (TPSA) is 132 Å². The lowest BCUT2D eigenvalue weighted by molar-refractivity contribution is -0.170. The molecule has 3 aromatic rings. The van der Waals surface area contributed by atoms with E-state index in [1.165, 1.54) is 23.5 Å². The molecular weight excluding hydrogens is 593 g/mol. The number of aliphatic hydroxyl groups is 1. The van der Waals surface area contributed by atoms with Crippen LogP contribution in [0.25, 0.3) is 10.9 Å². The van der Waals surface area contributed by atoms with E-state index in [0.29, 0.717) is 34.0 Å². The maximum Gasteiger partial charge on any atom is 0.303 e. The minimum absolute atomic E-state index is 0.0638. The molecule has 1 fully saturated rings. The lowest BCUT2D eigenvalue weighted by Gasteiger charge is -2.31. The van der Waals surface area contributed by atoms with Gasteiger partial charge in [-0.25, -0.2) is 22.8 Å². The Balaban J connectivity index is 1.48. The Hall–Kier alpha value is -3.40. The minimum Gasteiger partial charge on any atom is -0.493 e. The number of nitrogens with one attached hydrogen (secondary N) is 1. The second-order valence-electron chi connectivity index (χ2n) is 10.6. The zero-order valence-corrected chi connectivity index (χ0v) is 25.3. The van der Waals surface area contributed by atoms with E-state index in [0.717, 1.165) is 26.2 Å². The standard InChI is InChI=1S/C28H35F3N4O7S/c1-17-33-21-14-23(39-4)24(42-16-18-15-35(10-12-40-18)43(5,37)38)13-19(21)26(34-17)32-9-11-41-22-8-6-7-20(25(22)29)28(30,31)27(2,3)36/h6-8,13-14,18,36H,9-12,15-16H2,1-5H3,(H,32,33,34)/t18-/m0/s1. The second kappa shape index (κ2) is 12.7. The minimum atomic E-state index is -3.84. The van der Waals surface area contributed by atoms with Crippen molar-refractivity contribution in [3.63, 3.8) is 0 Å². The van der Waals surface area contributed by atoms with Gasteiger partial charge in [-0.15, -0.1) is 0 Å². The van der Waals surface area contributed by atoms with Crippen LogP contribution in [0.5, 0.6) is 17.2 Å². The molecule has 2 heterocycles. The molecule has 0 aliphatic carbocycles. The molecule has 2 aromatic carbocycles. The summed E-state index contributed by atoms with van der Waals surface area (Å²) < 4.78 is 91.9. The van der Waals surface area contributed by atoms with Crippen LogP contribution in [0.15, 0.2) is 30.3 Å². The van der Waals surface area contributed by atoms with Gasteiger partial charge in [-0.05, 0) is 39.0 Å². The van der Waals surface area contributed by atoms with Gasteiger partial charge in [0, 0.05) is 24.5 Å². The predicted molar refractivity (Wildman–Crippen MR) is 153 cm³/mol. The summed E-state index contributed by atoms with van der Waals surface area (Å²) in [5, 5.41) is 13.5. The number of aromatic nitrogens is 2. The number of hydrogen-bond acceptors (Lipinski definition) is 10. The molecule has 0 radical (unpaired) electrons. The van der Waals surface area contributed by atoms with Gasteiger partial charge >= 0.3 is 5.92 Å². The highest BCUT2D eigenvalue weighted by atomic mass is 32.2. The van der Waals surface area contributed by atoms with E-state index in [1.807, 2.05) is 0 Å². The molecule has 4 rings (SSSR count). The number of hydrogen-bond donors (Lipinski definition) is 2. The van der Waals surface area contributed by atoms with Gasteiger partial charge in [-0.2, -0.15) is 13.1 Å². The van der Waals surface area contributed by atoms with Crippen molar-refractivity contribution in [1.29, 1.82) is 0 Å². The third-order valence-electron chi connectivity index (χ3n) is 6.81. The van der Waals surface area contributed by atoms with Crippen molar-refractivity contribution >= 4 is 26.7 Å². The molecule has 0 amide bonds. The Morgan fingerprint density at radius 2 is 1.91 bits per heavy atom. The summed E-state index contributed by atoms with van der Waals surface area (Å²) in [6, 6.07) is 6.72. The van der Waals surface area contributed by atoms with Crippen molar-refractivity contribution < 1.29 is 45.6 Å². The monoisotopic (exact) mass is 628 g/mol. The number of benzene rings is 2. The van der Waals surface area contributed by atoms with Crippen LogP contribution in [-0.4, -0.2) is 92.3 Å². The summed E-state index contributed by atoms with van der Waals surface area (Å²) in [6.07, 6.45) is 0.656. The van der Waals surface area contributed by atoms with Crippen LogP contribution in [0.4, 0.5) is 19.0 Å². The number of methoxy groups -OCH3 is 1. The lowest BCUT2D eigenvalue weighted by atomic mass is 9.93. The van der Waals surface area contributed by atoms with E-state index in [1.54, 1.807) is 19.1 Å². The Morgan fingerprint density at radius 3 is 2.58 bits per heavy atom. The zero-order chi connectivity index (χ0) is 31.6. The van der Waals surface area contributed by atoms with Gasteiger partial charge < -0.3 is 29.4 Å². The molecule has 2 N–H and O–H groups in total. The Morgan fingerprint density at radius 1 is 1.16 bits per heavy atom. The van der Waals surface area contributed by atoms with Crippen molar-refractivity contribution in [3.8, 4) is 17.2 Å². The maximum absolute atomic E-state index is 14.9. The van der Waals surface area contributed by atoms with Crippen LogP contribution in [0.2, 0.25) is 0 Å². The molecule has 11 nitrogen and oxygen atoms in total. The van der Waals surface area contributed by atoms with E-state index >= 15 is 0 Å². The molecule has 0 spiro atoms. The number of sulfonamides is 1. The summed E-state index contributed by atoms with van der Waals surface area (Å²) in [5.74, 6) is -3.86. The number of nitrogens with zero attached hydrogens (tertiary/aromatic N) is 3. The van der Waals surface area contributed by atoms with E-state index in [-0.39, 0.29) is 45.2 Å². The van der Waals surface area contributed by atoms with E-state index in [9.17, 15) is 26.7 Å². The van der Waals surface area contributed by atoms with Gasteiger partial charge in [-0.1, -0.05) is 6.07 Å². The highest BCUT2D eigenvalue weighted by Crippen LogP contribution is 2.41. The van der Waals surface area contributed by atoms with Crippen LogP contribution in [0.3, 0.4) is 0 Å². The quantitative estimate of drug-likeness (QED) is 0.288. The van der Waals surface area contributed by atoms with Crippen LogP contribution in [0.1, 0.15) is 25.2 Å². The number of ether oxygens (including phenoxy) is 4. The first-order valence-corrected chi connectivity index (χ1v) is 15.3. The molecule has 1 aliphatic heterocycles. The molecule has 0 saturated carbocycles. The van der Waals surface area contributed by atoms with Crippen molar-refractivity contribution in [2.24, 2.45) is 0 Å². The van der Waals surface area contributed by atoms with E-state index in [2.05, 4.69) is 15.3 Å². The molecule has 1 aromatic heterocycles. The number of rotatable bonds is 12. The molecule has 236 valence electrons. The fourth-order valence-electron chi connectivity index (χ4n) is 4.46. The third-order valence-corrected chi connectivity index (χ3v) is 8.08. The Labute approximate surface area is 248 Å². The summed E-state index contributed by atoms with van der Waals surface area (Å²) in [6.45, 7) is 4.27. The van der Waals surface area contributed by atoms with Crippen LogP contribution in [0, 0.1) is 12.7 Å². The average Bonchev–Trinajstić information content (AvgIpc) is 2.93. The number of fused-ring (bicyclic) bond motifs is 1. The Kier molecular flexibility index (Phi) is 9.59. The van der Waals surface area contributed by atoms with Crippen molar-refractivity contribution in [2.75, 3.05) is 58.1 Å². The number of morpholine rings is 1. The van der Waals surface area contributed by atoms with Crippen molar-refractivity contribution in [3.05, 3.63) is 47.5 Å². The number of anilines is 1. The summed E-state index contributed by atoms with van der Waals surface area (Å²) in [4.78, 5) is 8.90. The number of halogens is 3. The van der Waals surface area contributed by atoms with Gasteiger partial charge in [0.2, 0.25) is 10.0 Å². The molecular formula is C28H35F3N4O7S. The van der Waals surface area contributed by atoms with Gasteiger partial charge in [0.15, 0.2) is 23.1 Å². The van der Waals surface area contributed by atoms with Gasteiger partial charge in [0.1, 0.15) is 36.6 Å².